The van der Waals surface area contributed by atoms with Crippen molar-refractivity contribution in [2.45, 2.75) is 41.4 Å². The van der Waals surface area contributed by atoms with Crippen molar-refractivity contribution in [1.82, 2.24) is 9.03 Å². The third-order valence-electron chi connectivity index (χ3n) is 5.65. The van der Waals surface area contributed by atoms with Gasteiger partial charge in [-0.1, -0.05) is 11.6 Å². The Morgan fingerprint density at radius 1 is 1.00 bits per heavy atom. The molecule has 0 spiro atoms. The molecular formula is C20H23ClF2N2O4S2. The van der Waals surface area contributed by atoms with Crippen molar-refractivity contribution < 1.29 is 25.6 Å². The number of halogens is 3. The van der Waals surface area contributed by atoms with Gasteiger partial charge in [0, 0.05) is 30.7 Å². The minimum atomic E-state index is -4.17. The highest BCUT2D eigenvalue weighted by atomic mass is 35.5. The van der Waals surface area contributed by atoms with Crippen LogP contribution in [0.4, 0.5) is 8.78 Å². The lowest BCUT2D eigenvalue weighted by Crippen LogP contribution is -2.48. The molecule has 0 heterocycles. The Kier molecular flexibility index (Phi) is 6.79. The Hall–Kier alpha value is -1.59. The van der Waals surface area contributed by atoms with E-state index in [0.29, 0.717) is 5.02 Å². The van der Waals surface area contributed by atoms with E-state index in [4.69, 9.17) is 11.6 Å². The van der Waals surface area contributed by atoms with Gasteiger partial charge in [0.2, 0.25) is 0 Å². The molecule has 1 fully saturated rings. The Morgan fingerprint density at radius 3 is 2.13 bits per heavy atom. The van der Waals surface area contributed by atoms with Crippen molar-refractivity contribution in [3.05, 3.63) is 64.7 Å². The lowest BCUT2D eigenvalue weighted by Gasteiger charge is -2.40. The Morgan fingerprint density at radius 2 is 1.58 bits per heavy atom. The lowest BCUT2D eigenvalue weighted by molar-refractivity contribution is 0.321. The maximum atomic E-state index is 14.8. The van der Waals surface area contributed by atoms with Gasteiger partial charge in [-0.15, -0.1) is 0 Å². The van der Waals surface area contributed by atoms with E-state index in [0.717, 1.165) is 22.5 Å². The van der Waals surface area contributed by atoms with Gasteiger partial charge in [-0.2, -0.15) is 17.4 Å². The van der Waals surface area contributed by atoms with E-state index in [9.17, 15) is 25.6 Å². The van der Waals surface area contributed by atoms with Crippen molar-refractivity contribution in [2.75, 3.05) is 14.1 Å². The second kappa shape index (κ2) is 8.74. The van der Waals surface area contributed by atoms with Gasteiger partial charge in [-0.05, 0) is 68.1 Å². The standard InChI is InChI=1S/C20H23ClF2N2O4S2/c1-25(2)31(28,29)24-16-9-11-20(12-10-16,18-13-15(22)5-8-19(18)23)30(26,27)17-6-3-14(21)4-7-17/h3-8,13,16,24H,9-12H2,1-2H3. The zero-order chi connectivity index (χ0) is 23.0. The van der Waals surface area contributed by atoms with Crippen molar-refractivity contribution in [2.24, 2.45) is 0 Å². The summed E-state index contributed by atoms with van der Waals surface area (Å²) in [7, 11) is -5.14. The molecule has 1 aliphatic carbocycles. The molecule has 2 aromatic carbocycles. The van der Waals surface area contributed by atoms with E-state index < -0.39 is 42.5 Å². The monoisotopic (exact) mass is 492 g/mol. The summed E-state index contributed by atoms with van der Waals surface area (Å²) in [5.41, 5.74) is -0.253. The van der Waals surface area contributed by atoms with Crippen LogP contribution in [0.25, 0.3) is 0 Å². The average Bonchev–Trinajstić information content (AvgIpc) is 2.70. The van der Waals surface area contributed by atoms with Crippen LogP contribution < -0.4 is 4.72 Å². The third kappa shape index (κ3) is 4.63. The molecule has 0 bridgehead atoms. The molecule has 31 heavy (non-hydrogen) atoms. The number of sulfone groups is 1. The molecular weight excluding hydrogens is 470 g/mol. The van der Waals surface area contributed by atoms with Crippen molar-refractivity contribution in [3.63, 3.8) is 0 Å². The Labute approximate surface area is 186 Å². The first-order valence-corrected chi connectivity index (χ1v) is 12.8. The zero-order valence-corrected chi connectivity index (χ0v) is 19.4. The molecule has 1 saturated carbocycles. The molecule has 0 aliphatic heterocycles. The minimum Gasteiger partial charge on any atom is -0.223 e. The first kappa shape index (κ1) is 24.1. The van der Waals surface area contributed by atoms with Crippen LogP contribution in [0.1, 0.15) is 31.2 Å². The highest BCUT2D eigenvalue weighted by Gasteiger charge is 2.50. The summed E-state index contributed by atoms with van der Waals surface area (Å²) in [5.74, 6) is -1.58. The molecule has 1 N–H and O–H groups in total. The van der Waals surface area contributed by atoms with Crippen LogP contribution in [0.3, 0.4) is 0 Å². The van der Waals surface area contributed by atoms with Crippen LogP contribution in [0.5, 0.6) is 0 Å². The van der Waals surface area contributed by atoms with Gasteiger partial charge in [-0.3, -0.25) is 0 Å². The van der Waals surface area contributed by atoms with Crippen molar-refractivity contribution >= 4 is 31.6 Å². The number of hydrogen-bond donors (Lipinski definition) is 1. The molecule has 3 rings (SSSR count). The average molecular weight is 493 g/mol. The number of rotatable bonds is 6. The molecule has 0 aromatic heterocycles. The predicted octanol–water partition coefficient (Wildman–Crippen LogP) is 3.63. The summed E-state index contributed by atoms with van der Waals surface area (Å²) >= 11 is 5.88. The van der Waals surface area contributed by atoms with Crippen LogP contribution >= 0.6 is 11.6 Å². The van der Waals surface area contributed by atoms with Gasteiger partial charge in [0.25, 0.3) is 10.2 Å². The van der Waals surface area contributed by atoms with E-state index in [-0.39, 0.29) is 36.1 Å². The molecule has 0 radical (unpaired) electrons. The molecule has 0 amide bonds. The molecule has 170 valence electrons. The Bertz CT molecular complexity index is 1160. The number of nitrogens with one attached hydrogen (secondary N) is 1. The maximum Gasteiger partial charge on any atom is 0.279 e. The minimum absolute atomic E-state index is 0.0621. The summed E-state index contributed by atoms with van der Waals surface area (Å²) in [5, 5.41) is 0.340. The zero-order valence-electron chi connectivity index (χ0n) is 17.0. The SMILES string of the molecule is CN(C)S(=O)(=O)NC1CCC(c2cc(F)ccc2F)(S(=O)(=O)c2ccc(Cl)cc2)CC1. The molecule has 6 nitrogen and oxygen atoms in total. The number of hydrogen-bond acceptors (Lipinski definition) is 4. The second-order valence-electron chi connectivity index (χ2n) is 7.76. The fraction of sp³-hybridized carbons (Fsp3) is 0.400. The van der Waals surface area contributed by atoms with Crippen LogP contribution in [0.15, 0.2) is 47.4 Å². The fourth-order valence-electron chi connectivity index (χ4n) is 3.89. The molecule has 0 unspecified atom stereocenters. The van der Waals surface area contributed by atoms with Gasteiger partial charge in [0.1, 0.15) is 16.4 Å². The fourth-order valence-corrected chi connectivity index (χ4v) is 7.05. The highest BCUT2D eigenvalue weighted by Crippen LogP contribution is 2.48. The van der Waals surface area contributed by atoms with Gasteiger partial charge in [0.15, 0.2) is 9.84 Å². The molecule has 1 aliphatic rings. The molecule has 0 saturated heterocycles. The predicted molar refractivity (Wildman–Crippen MR) is 115 cm³/mol. The number of nitrogens with zero attached hydrogens (tertiary/aromatic N) is 1. The summed E-state index contributed by atoms with van der Waals surface area (Å²) < 4.78 is 82.4. The molecule has 0 atom stereocenters. The quantitative estimate of drug-likeness (QED) is 0.667. The largest absolute Gasteiger partial charge is 0.279 e. The highest BCUT2D eigenvalue weighted by molar-refractivity contribution is 7.92. The summed E-state index contributed by atoms with van der Waals surface area (Å²) in [6, 6.07) is 7.71. The first-order chi connectivity index (χ1) is 14.4. The van der Waals surface area contributed by atoms with Gasteiger partial charge < -0.3 is 0 Å². The Balaban J connectivity index is 2.06. The van der Waals surface area contributed by atoms with Crippen LogP contribution in [-0.4, -0.2) is 41.3 Å². The normalized spacial score (nSPS) is 22.6. The molecule has 2 aromatic rings. The third-order valence-corrected chi connectivity index (χ3v) is 10.0. The van der Waals surface area contributed by atoms with E-state index in [1.54, 1.807) is 0 Å². The first-order valence-electron chi connectivity index (χ1n) is 9.54. The van der Waals surface area contributed by atoms with E-state index in [1.165, 1.54) is 38.4 Å². The van der Waals surface area contributed by atoms with Crippen LogP contribution in [0.2, 0.25) is 5.02 Å². The second-order valence-corrected chi connectivity index (χ2v) is 12.4. The smallest absolute Gasteiger partial charge is 0.223 e. The van der Waals surface area contributed by atoms with Gasteiger partial charge in [-0.25, -0.2) is 17.2 Å². The van der Waals surface area contributed by atoms with Crippen LogP contribution in [-0.2, 0) is 24.8 Å². The lowest BCUT2D eigenvalue weighted by atomic mass is 9.80. The topological polar surface area (TPSA) is 83.6 Å². The van der Waals surface area contributed by atoms with Gasteiger partial charge >= 0.3 is 0 Å². The number of benzene rings is 2. The van der Waals surface area contributed by atoms with E-state index in [1.807, 2.05) is 0 Å². The molecule has 11 heteroatoms. The maximum absolute atomic E-state index is 14.8. The van der Waals surface area contributed by atoms with Gasteiger partial charge in [0.05, 0.1) is 4.90 Å². The van der Waals surface area contributed by atoms with Crippen molar-refractivity contribution in [1.29, 1.82) is 0 Å². The summed E-state index contributed by atoms with van der Waals surface area (Å²) in [6.45, 7) is 0. The van der Waals surface area contributed by atoms with E-state index >= 15 is 0 Å². The summed E-state index contributed by atoms with van der Waals surface area (Å²) in [6.07, 6.45) is 0.101. The van der Waals surface area contributed by atoms with Crippen LogP contribution in [0, 0.1) is 11.6 Å². The van der Waals surface area contributed by atoms with E-state index in [2.05, 4.69) is 4.72 Å². The van der Waals surface area contributed by atoms with Crippen molar-refractivity contribution in [3.8, 4) is 0 Å². The summed E-state index contributed by atoms with van der Waals surface area (Å²) in [4.78, 5) is -0.0621.